The molecule has 2 fully saturated rings. The average Bonchev–Trinajstić information content (AvgIpc) is 2.83. The fourth-order valence-electron chi connectivity index (χ4n) is 5.17. The van der Waals surface area contributed by atoms with E-state index < -0.39 is 50.4 Å². The highest BCUT2D eigenvalue weighted by molar-refractivity contribution is 7.88. The maximum Gasteiger partial charge on any atom is 0.446 e. The molecule has 1 aromatic rings. The molecule has 0 spiro atoms. The van der Waals surface area contributed by atoms with Crippen LogP contribution in [-0.2, 0) is 19.1 Å². The van der Waals surface area contributed by atoms with Crippen molar-refractivity contribution in [1.29, 1.82) is 0 Å². The molecule has 0 aromatic heterocycles. The highest BCUT2D eigenvalue weighted by Crippen LogP contribution is 2.40. The van der Waals surface area contributed by atoms with Gasteiger partial charge in [0.05, 0.1) is 0 Å². The highest BCUT2D eigenvalue weighted by atomic mass is 32.2. The van der Waals surface area contributed by atoms with Crippen LogP contribution in [0.1, 0.15) is 81.0 Å². The fourth-order valence-corrected chi connectivity index (χ4v) is 6.02. The van der Waals surface area contributed by atoms with Gasteiger partial charge in [-0.2, -0.15) is 30.4 Å². The number of carbonyl (C=O) groups is 2. The quantitative estimate of drug-likeness (QED) is 0.253. The lowest BCUT2D eigenvalue weighted by atomic mass is 9.72. The second-order valence-corrected chi connectivity index (χ2v) is 11.3. The van der Waals surface area contributed by atoms with Gasteiger partial charge in [0.1, 0.15) is 0 Å². The van der Waals surface area contributed by atoms with Gasteiger partial charge in [-0.25, -0.2) is 4.18 Å². The summed E-state index contributed by atoms with van der Waals surface area (Å²) in [5.74, 6) is -3.94. The second-order valence-electron chi connectivity index (χ2n) is 9.72. The Hall–Kier alpha value is -2.08. The van der Waals surface area contributed by atoms with Gasteiger partial charge < -0.3 is 5.32 Å². The minimum absolute atomic E-state index is 0.178. The van der Waals surface area contributed by atoms with E-state index in [4.69, 9.17) is 0 Å². The second kappa shape index (κ2) is 11.1. The predicted octanol–water partition coefficient (Wildman–Crippen LogP) is 5.53. The molecule has 2 aliphatic carbocycles. The maximum absolute atomic E-state index is 14.9. The lowest BCUT2D eigenvalue weighted by molar-refractivity contribution is -0.180. The molecule has 1 amide bonds. The lowest BCUT2D eigenvalue weighted by Crippen LogP contribution is -2.58. The molecule has 1 atom stereocenters. The smallest absolute Gasteiger partial charge is 0.344 e. The zero-order valence-corrected chi connectivity index (χ0v) is 20.5. The molecule has 1 unspecified atom stereocenters. The van der Waals surface area contributed by atoms with Crippen LogP contribution in [0, 0.1) is 5.92 Å². The standard InChI is InChI=1S/C24H30F5NO5S/c25-23(26,27)20(19(31)18-12-6-2-7-13-18)35-36(33,34)24(28,29)21(32)30-22(14-8-3-9-15-22)16-17-10-4-1-5-11-17/h2,6-7,12-13,17,20H,1,3-5,8-11,14-16H2,(H,30,32). The van der Waals surface area contributed by atoms with Gasteiger partial charge in [-0.05, 0) is 25.2 Å². The van der Waals surface area contributed by atoms with E-state index >= 15 is 0 Å². The van der Waals surface area contributed by atoms with Crippen molar-refractivity contribution in [3.8, 4) is 0 Å². The highest BCUT2D eigenvalue weighted by Gasteiger charge is 2.60. The Morgan fingerprint density at radius 3 is 2.06 bits per heavy atom. The molecule has 12 heteroatoms. The number of amides is 1. The number of ketones is 1. The molecule has 6 nitrogen and oxygen atoms in total. The Morgan fingerprint density at radius 1 is 0.944 bits per heavy atom. The fraction of sp³-hybridized carbons (Fsp3) is 0.667. The van der Waals surface area contributed by atoms with Gasteiger partial charge in [-0.15, -0.1) is 0 Å². The van der Waals surface area contributed by atoms with Crippen LogP contribution in [-0.4, -0.2) is 43.2 Å². The minimum Gasteiger partial charge on any atom is -0.344 e. The van der Waals surface area contributed by atoms with E-state index in [0.717, 1.165) is 50.7 Å². The van der Waals surface area contributed by atoms with Crippen molar-refractivity contribution < 1.29 is 44.1 Å². The van der Waals surface area contributed by atoms with Crippen molar-refractivity contribution in [3.05, 3.63) is 35.9 Å². The van der Waals surface area contributed by atoms with Crippen LogP contribution < -0.4 is 5.32 Å². The monoisotopic (exact) mass is 539 g/mol. The van der Waals surface area contributed by atoms with Gasteiger partial charge in [0.2, 0.25) is 11.9 Å². The van der Waals surface area contributed by atoms with Crippen LogP contribution in [0.2, 0.25) is 0 Å². The van der Waals surface area contributed by atoms with Crippen molar-refractivity contribution in [2.75, 3.05) is 0 Å². The summed E-state index contributed by atoms with van der Waals surface area (Å²) in [4.78, 5) is 24.9. The number of Topliss-reactive ketones (excluding diaryl/α,β-unsaturated/α-hetero) is 1. The van der Waals surface area contributed by atoms with E-state index in [2.05, 4.69) is 9.50 Å². The summed E-state index contributed by atoms with van der Waals surface area (Å²) in [6, 6.07) is 5.74. The van der Waals surface area contributed by atoms with Crippen LogP contribution in [0.25, 0.3) is 0 Å². The third-order valence-electron chi connectivity index (χ3n) is 6.99. The normalized spacial score (nSPS) is 20.5. The Bertz CT molecular complexity index is 1020. The Labute approximate surface area is 207 Å². The molecular weight excluding hydrogens is 509 g/mol. The Morgan fingerprint density at radius 2 is 1.50 bits per heavy atom. The number of carbonyl (C=O) groups excluding carboxylic acids is 2. The summed E-state index contributed by atoms with van der Waals surface area (Å²) in [6.07, 6.45) is -1.38. The molecule has 1 aromatic carbocycles. The molecule has 0 radical (unpaired) electrons. The molecule has 36 heavy (non-hydrogen) atoms. The van der Waals surface area contributed by atoms with Crippen molar-refractivity contribution in [2.45, 2.75) is 93.7 Å². The van der Waals surface area contributed by atoms with Gasteiger partial charge >= 0.3 is 27.5 Å². The summed E-state index contributed by atoms with van der Waals surface area (Å²) >= 11 is 0. The number of alkyl halides is 5. The zero-order valence-electron chi connectivity index (χ0n) is 19.7. The molecule has 1 N–H and O–H groups in total. The van der Waals surface area contributed by atoms with E-state index in [1.165, 1.54) is 18.2 Å². The molecule has 0 heterocycles. The van der Waals surface area contributed by atoms with E-state index in [9.17, 15) is 40.0 Å². The Balaban J connectivity index is 1.81. The molecule has 202 valence electrons. The van der Waals surface area contributed by atoms with Gasteiger partial charge in [-0.3, -0.25) is 9.59 Å². The molecular formula is C24H30F5NO5S. The zero-order chi connectivity index (χ0) is 26.6. The van der Waals surface area contributed by atoms with Crippen molar-refractivity contribution in [1.82, 2.24) is 5.32 Å². The maximum atomic E-state index is 14.9. The number of hydrogen-bond acceptors (Lipinski definition) is 5. The van der Waals surface area contributed by atoms with Crippen molar-refractivity contribution in [2.24, 2.45) is 5.92 Å². The van der Waals surface area contributed by atoms with E-state index in [1.54, 1.807) is 0 Å². The van der Waals surface area contributed by atoms with Crippen molar-refractivity contribution in [3.63, 3.8) is 0 Å². The Kier molecular flexibility index (Phi) is 8.80. The van der Waals surface area contributed by atoms with Crippen LogP contribution in [0.4, 0.5) is 22.0 Å². The summed E-state index contributed by atoms with van der Waals surface area (Å²) < 4.78 is 98.8. The molecule has 3 rings (SSSR count). The average molecular weight is 540 g/mol. The molecule has 0 aliphatic heterocycles. The summed E-state index contributed by atoms with van der Waals surface area (Å²) in [7, 11) is -6.49. The van der Waals surface area contributed by atoms with Crippen LogP contribution in [0.15, 0.2) is 30.3 Å². The summed E-state index contributed by atoms with van der Waals surface area (Å²) in [5, 5.41) is -3.16. The largest absolute Gasteiger partial charge is 0.446 e. The number of benzene rings is 1. The third-order valence-corrected chi connectivity index (χ3v) is 8.25. The number of nitrogens with one attached hydrogen (secondary N) is 1. The first kappa shape index (κ1) is 28.5. The van der Waals surface area contributed by atoms with Gasteiger partial charge in [0.25, 0.3) is 0 Å². The van der Waals surface area contributed by atoms with Gasteiger partial charge in [0, 0.05) is 11.1 Å². The first-order chi connectivity index (χ1) is 16.8. The van der Waals surface area contributed by atoms with E-state index in [-0.39, 0.29) is 5.92 Å². The van der Waals surface area contributed by atoms with Gasteiger partial charge in [0.15, 0.2) is 0 Å². The van der Waals surface area contributed by atoms with Gasteiger partial charge in [-0.1, -0.05) is 81.7 Å². The van der Waals surface area contributed by atoms with Crippen LogP contribution >= 0.6 is 0 Å². The van der Waals surface area contributed by atoms with Crippen LogP contribution in [0.5, 0.6) is 0 Å². The number of hydrogen-bond donors (Lipinski definition) is 1. The molecule has 0 bridgehead atoms. The minimum atomic E-state index is -6.49. The molecule has 2 saturated carbocycles. The lowest BCUT2D eigenvalue weighted by Gasteiger charge is -2.42. The van der Waals surface area contributed by atoms with Crippen LogP contribution in [0.3, 0.4) is 0 Å². The number of rotatable bonds is 9. The summed E-state index contributed by atoms with van der Waals surface area (Å²) in [6.45, 7) is 0. The van der Waals surface area contributed by atoms with E-state index in [1.807, 2.05) is 0 Å². The summed E-state index contributed by atoms with van der Waals surface area (Å²) in [5.41, 5.74) is -1.66. The predicted molar refractivity (Wildman–Crippen MR) is 121 cm³/mol. The van der Waals surface area contributed by atoms with E-state index in [0.29, 0.717) is 32.1 Å². The van der Waals surface area contributed by atoms with Crippen molar-refractivity contribution >= 4 is 21.8 Å². The molecule has 2 aliphatic rings. The topological polar surface area (TPSA) is 89.5 Å². The first-order valence-electron chi connectivity index (χ1n) is 12.1. The molecule has 0 saturated heterocycles. The SMILES string of the molecule is O=C(c1ccccc1)C(OS(=O)(=O)C(F)(F)C(=O)NC1(CC2CCCCC2)CCCCC1)C(F)(F)F. The number of halogens is 5. The third kappa shape index (κ3) is 6.62. The first-order valence-corrected chi connectivity index (χ1v) is 13.5.